The van der Waals surface area contributed by atoms with Crippen molar-refractivity contribution in [1.29, 1.82) is 0 Å². The fourth-order valence-corrected chi connectivity index (χ4v) is 3.77. The summed E-state index contributed by atoms with van der Waals surface area (Å²) in [5.74, 6) is -0.0149. The van der Waals surface area contributed by atoms with E-state index in [0.29, 0.717) is 11.3 Å². The number of benzene rings is 2. The van der Waals surface area contributed by atoms with Gasteiger partial charge >= 0.3 is 0 Å². The number of hydrogen-bond donors (Lipinski definition) is 2. The summed E-state index contributed by atoms with van der Waals surface area (Å²) in [7, 11) is 0. The number of carbonyl (C=O) groups is 2. The molecule has 2 N–H and O–H groups in total. The Morgan fingerprint density at radius 1 is 0.774 bits per heavy atom. The monoisotopic (exact) mass is 408 g/mol. The minimum Gasteiger partial charge on any atom is -0.326 e. The predicted octanol–water partition coefficient (Wildman–Crippen LogP) is 4.62. The Kier molecular flexibility index (Phi) is 4.88. The molecular weight excluding hydrogens is 388 g/mol. The summed E-state index contributed by atoms with van der Waals surface area (Å²) < 4.78 is 0. The molecule has 1 aliphatic rings. The number of fused-ring (bicyclic) bond motifs is 1. The number of nitrogens with one attached hydrogen (secondary N) is 2. The molecule has 2 heterocycles. The van der Waals surface area contributed by atoms with Gasteiger partial charge in [0.05, 0.1) is 0 Å². The van der Waals surface area contributed by atoms with E-state index in [-0.39, 0.29) is 23.7 Å². The van der Waals surface area contributed by atoms with E-state index in [1.807, 2.05) is 36.4 Å². The Hall–Kier alpha value is -4.06. The number of carbonyl (C=O) groups excluding carboxylic acids is 2. The fraction of sp³-hybridized carbons (Fsp3) is 0.120. The van der Waals surface area contributed by atoms with Crippen LogP contribution in [0.1, 0.15) is 28.3 Å². The van der Waals surface area contributed by atoms with E-state index < -0.39 is 0 Å². The molecule has 4 aromatic rings. The maximum absolute atomic E-state index is 12.7. The van der Waals surface area contributed by atoms with E-state index >= 15 is 0 Å². The lowest BCUT2D eigenvalue weighted by Crippen LogP contribution is -2.14. The van der Waals surface area contributed by atoms with Crippen molar-refractivity contribution in [3.8, 4) is 0 Å². The van der Waals surface area contributed by atoms with Gasteiger partial charge in [0, 0.05) is 53.0 Å². The number of hydrogen-bond acceptors (Lipinski definition) is 4. The van der Waals surface area contributed by atoms with Crippen LogP contribution in [-0.4, -0.2) is 21.8 Å². The van der Waals surface area contributed by atoms with Gasteiger partial charge in [-0.25, -0.2) is 0 Å². The van der Waals surface area contributed by atoms with Gasteiger partial charge in [0.15, 0.2) is 0 Å². The van der Waals surface area contributed by atoms with Crippen molar-refractivity contribution in [1.82, 2.24) is 9.97 Å². The zero-order chi connectivity index (χ0) is 21.2. The number of aromatic nitrogens is 2. The molecule has 6 nitrogen and oxygen atoms in total. The van der Waals surface area contributed by atoms with Crippen molar-refractivity contribution >= 4 is 34.0 Å². The minimum atomic E-state index is -0.172. The van der Waals surface area contributed by atoms with Gasteiger partial charge in [0.25, 0.3) is 5.91 Å². The van der Waals surface area contributed by atoms with Crippen LogP contribution >= 0.6 is 0 Å². The molecule has 2 unspecified atom stereocenters. The second kappa shape index (κ2) is 7.99. The zero-order valence-corrected chi connectivity index (χ0v) is 16.7. The third-order valence-corrected chi connectivity index (χ3v) is 5.57. The fourth-order valence-electron chi connectivity index (χ4n) is 3.77. The van der Waals surface area contributed by atoms with Gasteiger partial charge in [-0.3, -0.25) is 19.6 Å². The van der Waals surface area contributed by atoms with Gasteiger partial charge in [-0.05, 0) is 65.8 Å². The molecule has 0 aliphatic heterocycles. The van der Waals surface area contributed by atoms with Crippen molar-refractivity contribution in [2.24, 2.45) is 5.92 Å². The van der Waals surface area contributed by atoms with Crippen molar-refractivity contribution in [3.63, 3.8) is 0 Å². The molecule has 0 spiro atoms. The van der Waals surface area contributed by atoms with Crippen molar-refractivity contribution in [2.45, 2.75) is 12.3 Å². The molecule has 1 fully saturated rings. The molecule has 1 aliphatic carbocycles. The molecule has 5 rings (SSSR count). The van der Waals surface area contributed by atoms with Crippen LogP contribution < -0.4 is 10.6 Å². The highest BCUT2D eigenvalue weighted by Crippen LogP contribution is 2.48. The maximum Gasteiger partial charge on any atom is 0.255 e. The molecule has 2 amide bonds. The second-order valence-electron chi connectivity index (χ2n) is 7.69. The maximum atomic E-state index is 12.7. The zero-order valence-electron chi connectivity index (χ0n) is 16.7. The highest BCUT2D eigenvalue weighted by molar-refractivity contribution is 6.04. The van der Waals surface area contributed by atoms with Gasteiger partial charge in [-0.2, -0.15) is 0 Å². The highest BCUT2D eigenvalue weighted by Gasteiger charge is 2.43. The van der Waals surface area contributed by atoms with Gasteiger partial charge in [-0.15, -0.1) is 0 Å². The van der Waals surface area contributed by atoms with Crippen LogP contribution in [0.15, 0.2) is 85.5 Å². The van der Waals surface area contributed by atoms with Gasteiger partial charge < -0.3 is 10.6 Å². The largest absolute Gasteiger partial charge is 0.326 e. The quantitative estimate of drug-likeness (QED) is 0.505. The van der Waals surface area contributed by atoms with Crippen LogP contribution in [0.2, 0.25) is 0 Å². The van der Waals surface area contributed by atoms with Gasteiger partial charge in [0.1, 0.15) is 0 Å². The summed E-state index contributed by atoms with van der Waals surface area (Å²) in [5.41, 5.74) is 3.14. The Morgan fingerprint density at radius 3 is 2.35 bits per heavy atom. The summed E-state index contributed by atoms with van der Waals surface area (Å²) in [6.07, 6.45) is 7.62. The van der Waals surface area contributed by atoms with Crippen molar-refractivity contribution in [3.05, 3.63) is 96.6 Å². The molecule has 0 bridgehead atoms. The highest BCUT2D eigenvalue weighted by atomic mass is 16.2. The van der Waals surface area contributed by atoms with Crippen molar-refractivity contribution < 1.29 is 9.59 Å². The van der Waals surface area contributed by atoms with E-state index in [1.165, 1.54) is 0 Å². The number of rotatable bonds is 5. The predicted molar refractivity (Wildman–Crippen MR) is 120 cm³/mol. The standard InChI is InChI=1S/C25H20N4O2/c30-24(28-20-8-11-26-12-9-20)17-3-1-16(2-4-17)22-14-23(22)25(31)29-21-6-5-19-15-27-10-7-18(19)13-21/h1-13,15,22-23H,14H2,(H,29,31)(H,26,28,30). The minimum absolute atomic E-state index is 0.0258. The first-order valence-electron chi connectivity index (χ1n) is 10.1. The van der Waals surface area contributed by atoms with Crippen molar-refractivity contribution in [2.75, 3.05) is 10.6 Å². The normalized spacial score (nSPS) is 17.2. The van der Waals surface area contributed by atoms with Crippen LogP contribution in [0, 0.1) is 5.92 Å². The lowest BCUT2D eigenvalue weighted by atomic mass is 10.1. The van der Waals surface area contributed by atoms with E-state index in [4.69, 9.17) is 0 Å². The lowest BCUT2D eigenvalue weighted by Gasteiger charge is -2.07. The van der Waals surface area contributed by atoms with E-state index in [2.05, 4.69) is 20.6 Å². The van der Waals surface area contributed by atoms with E-state index in [1.54, 1.807) is 49.1 Å². The molecule has 1 saturated carbocycles. The number of pyridine rings is 2. The molecule has 2 atom stereocenters. The molecule has 0 radical (unpaired) electrons. The topological polar surface area (TPSA) is 84.0 Å². The Balaban J connectivity index is 1.21. The second-order valence-corrected chi connectivity index (χ2v) is 7.69. The Bertz CT molecular complexity index is 1260. The lowest BCUT2D eigenvalue weighted by molar-refractivity contribution is -0.117. The smallest absolute Gasteiger partial charge is 0.255 e. The summed E-state index contributed by atoms with van der Waals surface area (Å²) in [6, 6.07) is 18.7. The molecule has 152 valence electrons. The Morgan fingerprint density at radius 2 is 1.55 bits per heavy atom. The van der Waals surface area contributed by atoms with Gasteiger partial charge in [-0.1, -0.05) is 18.2 Å². The average Bonchev–Trinajstić information content (AvgIpc) is 3.61. The molecular formula is C25H20N4O2. The van der Waals surface area contributed by atoms with Crippen LogP contribution in [0.3, 0.4) is 0 Å². The van der Waals surface area contributed by atoms with E-state index in [0.717, 1.165) is 28.4 Å². The third-order valence-electron chi connectivity index (χ3n) is 5.57. The summed E-state index contributed by atoms with van der Waals surface area (Å²) in [6.45, 7) is 0. The van der Waals surface area contributed by atoms with Crippen LogP contribution in [-0.2, 0) is 4.79 Å². The Labute approximate surface area is 179 Å². The summed E-state index contributed by atoms with van der Waals surface area (Å²) in [4.78, 5) is 33.1. The first kappa shape index (κ1) is 18.9. The molecule has 0 saturated heterocycles. The molecule has 2 aromatic carbocycles. The first-order chi connectivity index (χ1) is 15.2. The SMILES string of the molecule is O=C(Nc1ccncc1)c1ccc(C2CC2C(=O)Nc2ccc3cnccc3c2)cc1. The molecule has 2 aromatic heterocycles. The van der Waals surface area contributed by atoms with E-state index in [9.17, 15) is 9.59 Å². The number of anilines is 2. The average molecular weight is 408 g/mol. The summed E-state index contributed by atoms with van der Waals surface area (Å²) in [5, 5.41) is 7.95. The first-order valence-corrected chi connectivity index (χ1v) is 10.1. The van der Waals surface area contributed by atoms with Crippen LogP contribution in [0.4, 0.5) is 11.4 Å². The molecule has 6 heteroatoms. The third kappa shape index (κ3) is 4.14. The summed E-state index contributed by atoms with van der Waals surface area (Å²) >= 11 is 0. The number of nitrogens with zero attached hydrogens (tertiary/aromatic N) is 2. The van der Waals surface area contributed by atoms with Crippen LogP contribution in [0.5, 0.6) is 0 Å². The van der Waals surface area contributed by atoms with Crippen LogP contribution in [0.25, 0.3) is 10.8 Å². The molecule has 31 heavy (non-hydrogen) atoms. The number of amides is 2. The van der Waals surface area contributed by atoms with Gasteiger partial charge in [0.2, 0.25) is 5.91 Å².